The standard InChI is InChI=1S/C12H19N3O/c1-13-6-4-10-11-9(3-7-14-10)5-8-15(2)12(11)16/h5,8,10,13-14H,3-4,6-7H2,1-2H3. The van der Waals surface area contributed by atoms with Crippen molar-refractivity contribution in [3.63, 3.8) is 0 Å². The van der Waals surface area contributed by atoms with E-state index in [4.69, 9.17) is 0 Å². The molecule has 1 unspecified atom stereocenters. The van der Waals surface area contributed by atoms with Crippen LogP contribution in [0.5, 0.6) is 0 Å². The predicted octanol–water partition coefficient (Wildman–Crippen LogP) is 0.182. The Morgan fingerprint density at radius 1 is 1.62 bits per heavy atom. The Morgan fingerprint density at radius 3 is 3.19 bits per heavy atom. The Kier molecular flexibility index (Phi) is 3.41. The summed E-state index contributed by atoms with van der Waals surface area (Å²) in [7, 11) is 3.75. The van der Waals surface area contributed by atoms with Crippen LogP contribution in [0.4, 0.5) is 0 Å². The summed E-state index contributed by atoms with van der Waals surface area (Å²) < 4.78 is 1.66. The topological polar surface area (TPSA) is 46.1 Å². The van der Waals surface area contributed by atoms with Crippen molar-refractivity contribution in [2.75, 3.05) is 20.1 Å². The van der Waals surface area contributed by atoms with Gasteiger partial charge >= 0.3 is 0 Å². The summed E-state index contributed by atoms with van der Waals surface area (Å²) in [6.07, 6.45) is 3.78. The fraction of sp³-hybridized carbons (Fsp3) is 0.583. The third-order valence-electron chi connectivity index (χ3n) is 3.21. The van der Waals surface area contributed by atoms with Crippen LogP contribution < -0.4 is 16.2 Å². The summed E-state index contributed by atoms with van der Waals surface area (Å²) >= 11 is 0. The molecule has 1 aliphatic heterocycles. The van der Waals surface area contributed by atoms with Gasteiger partial charge in [-0.1, -0.05) is 0 Å². The van der Waals surface area contributed by atoms with E-state index in [0.29, 0.717) is 0 Å². The molecular formula is C12H19N3O. The molecule has 0 fully saturated rings. The van der Waals surface area contributed by atoms with E-state index in [2.05, 4.69) is 16.7 Å². The summed E-state index contributed by atoms with van der Waals surface area (Å²) in [5, 5.41) is 6.56. The molecule has 1 aromatic rings. The molecule has 1 aliphatic rings. The van der Waals surface area contributed by atoms with Crippen LogP contribution in [0.2, 0.25) is 0 Å². The highest BCUT2D eigenvalue weighted by atomic mass is 16.1. The zero-order chi connectivity index (χ0) is 11.5. The smallest absolute Gasteiger partial charge is 0.255 e. The summed E-state index contributed by atoms with van der Waals surface area (Å²) in [5.74, 6) is 0. The third-order valence-corrected chi connectivity index (χ3v) is 3.21. The Hall–Kier alpha value is -1.13. The molecule has 0 radical (unpaired) electrons. The number of fused-ring (bicyclic) bond motifs is 1. The average molecular weight is 221 g/mol. The second kappa shape index (κ2) is 4.80. The fourth-order valence-electron chi connectivity index (χ4n) is 2.30. The van der Waals surface area contributed by atoms with Gasteiger partial charge in [0.1, 0.15) is 0 Å². The Bertz CT molecular complexity index is 425. The molecule has 1 atom stereocenters. The normalized spacial score (nSPS) is 19.5. The zero-order valence-electron chi connectivity index (χ0n) is 9.92. The zero-order valence-corrected chi connectivity index (χ0v) is 9.92. The van der Waals surface area contributed by atoms with E-state index in [1.54, 1.807) is 4.57 Å². The maximum Gasteiger partial charge on any atom is 0.255 e. The van der Waals surface area contributed by atoms with Gasteiger partial charge in [-0.3, -0.25) is 4.79 Å². The minimum atomic E-state index is 0.144. The minimum absolute atomic E-state index is 0.144. The first kappa shape index (κ1) is 11.4. The number of pyridine rings is 1. The maximum atomic E-state index is 12.1. The van der Waals surface area contributed by atoms with Crippen molar-refractivity contribution in [2.45, 2.75) is 18.9 Å². The molecule has 2 N–H and O–H groups in total. The van der Waals surface area contributed by atoms with E-state index in [0.717, 1.165) is 31.5 Å². The van der Waals surface area contributed by atoms with Gasteiger partial charge in [-0.15, -0.1) is 0 Å². The van der Waals surface area contributed by atoms with Gasteiger partial charge in [-0.25, -0.2) is 0 Å². The highest BCUT2D eigenvalue weighted by Gasteiger charge is 2.22. The minimum Gasteiger partial charge on any atom is -0.320 e. The van der Waals surface area contributed by atoms with Crippen LogP contribution in [-0.2, 0) is 13.5 Å². The van der Waals surface area contributed by atoms with Crippen molar-refractivity contribution in [1.29, 1.82) is 0 Å². The van der Waals surface area contributed by atoms with Crippen molar-refractivity contribution in [3.05, 3.63) is 33.7 Å². The Morgan fingerprint density at radius 2 is 2.44 bits per heavy atom. The van der Waals surface area contributed by atoms with Crippen LogP contribution in [0.25, 0.3) is 0 Å². The van der Waals surface area contributed by atoms with E-state index >= 15 is 0 Å². The van der Waals surface area contributed by atoms with Crippen LogP contribution in [0, 0.1) is 0 Å². The molecule has 0 bridgehead atoms. The lowest BCUT2D eigenvalue weighted by molar-refractivity contribution is 0.460. The van der Waals surface area contributed by atoms with Crippen molar-refractivity contribution in [2.24, 2.45) is 7.05 Å². The van der Waals surface area contributed by atoms with E-state index < -0.39 is 0 Å². The summed E-state index contributed by atoms with van der Waals surface area (Å²) in [6, 6.07) is 2.28. The molecule has 88 valence electrons. The Labute approximate surface area is 95.7 Å². The van der Waals surface area contributed by atoms with Gasteiger partial charge in [0.2, 0.25) is 0 Å². The van der Waals surface area contributed by atoms with Crippen LogP contribution in [0.1, 0.15) is 23.6 Å². The number of nitrogens with one attached hydrogen (secondary N) is 2. The molecular weight excluding hydrogens is 202 g/mol. The van der Waals surface area contributed by atoms with Crippen molar-refractivity contribution < 1.29 is 0 Å². The van der Waals surface area contributed by atoms with Crippen LogP contribution >= 0.6 is 0 Å². The number of hydrogen-bond acceptors (Lipinski definition) is 3. The molecule has 0 saturated carbocycles. The van der Waals surface area contributed by atoms with Crippen LogP contribution in [0.3, 0.4) is 0 Å². The monoisotopic (exact) mass is 221 g/mol. The van der Waals surface area contributed by atoms with Gasteiger partial charge in [0, 0.05) is 24.8 Å². The second-order valence-electron chi connectivity index (χ2n) is 4.32. The molecule has 0 spiro atoms. The van der Waals surface area contributed by atoms with E-state index in [1.165, 1.54) is 5.56 Å². The molecule has 2 rings (SSSR count). The lowest BCUT2D eigenvalue weighted by Crippen LogP contribution is -2.38. The molecule has 4 heteroatoms. The summed E-state index contributed by atoms with van der Waals surface area (Å²) in [6.45, 7) is 1.89. The molecule has 0 aromatic carbocycles. The SMILES string of the molecule is CNCCC1NCCc2ccn(C)c(=O)c21. The Balaban J connectivity index is 2.36. The third kappa shape index (κ3) is 2.03. The quantitative estimate of drug-likeness (QED) is 0.765. The lowest BCUT2D eigenvalue weighted by atomic mass is 9.94. The highest BCUT2D eigenvalue weighted by Crippen LogP contribution is 2.21. The number of aryl methyl sites for hydroxylation is 1. The highest BCUT2D eigenvalue weighted by molar-refractivity contribution is 5.29. The van der Waals surface area contributed by atoms with Gasteiger partial charge < -0.3 is 15.2 Å². The summed E-state index contributed by atoms with van der Waals surface area (Å²) in [5.41, 5.74) is 2.32. The van der Waals surface area contributed by atoms with Crippen molar-refractivity contribution in [1.82, 2.24) is 15.2 Å². The first-order valence-corrected chi connectivity index (χ1v) is 5.80. The molecule has 0 aliphatic carbocycles. The first-order valence-electron chi connectivity index (χ1n) is 5.80. The number of aromatic nitrogens is 1. The van der Waals surface area contributed by atoms with Crippen molar-refractivity contribution >= 4 is 0 Å². The molecule has 2 heterocycles. The summed E-state index contributed by atoms with van der Waals surface area (Å²) in [4.78, 5) is 12.1. The predicted molar refractivity (Wildman–Crippen MR) is 64.7 cm³/mol. The number of hydrogen-bond donors (Lipinski definition) is 2. The average Bonchev–Trinajstić information content (AvgIpc) is 2.31. The molecule has 4 nitrogen and oxygen atoms in total. The van der Waals surface area contributed by atoms with Crippen molar-refractivity contribution in [3.8, 4) is 0 Å². The van der Waals surface area contributed by atoms with Gasteiger partial charge in [-0.2, -0.15) is 0 Å². The van der Waals surface area contributed by atoms with Gasteiger partial charge in [-0.05, 0) is 44.6 Å². The van der Waals surface area contributed by atoms with Gasteiger partial charge in [0.15, 0.2) is 0 Å². The van der Waals surface area contributed by atoms with E-state index in [9.17, 15) is 4.79 Å². The number of rotatable bonds is 3. The molecule has 0 saturated heterocycles. The lowest BCUT2D eigenvalue weighted by Gasteiger charge is -2.26. The number of nitrogens with zero attached hydrogens (tertiary/aromatic N) is 1. The maximum absolute atomic E-state index is 12.1. The second-order valence-corrected chi connectivity index (χ2v) is 4.32. The molecule has 0 amide bonds. The van der Waals surface area contributed by atoms with E-state index in [1.807, 2.05) is 20.3 Å². The molecule has 1 aromatic heterocycles. The van der Waals surface area contributed by atoms with Crippen LogP contribution in [0.15, 0.2) is 17.1 Å². The van der Waals surface area contributed by atoms with Crippen LogP contribution in [-0.4, -0.2) is 24.7 Å². The van der Waals surface area contributed by atoms with Gasteiger partial charge in [0.25, 0.3) is 5.56 Å². The largest absolute Gasteiger partial charge is 0.320 e. The van der Waals surface area contributed by atoms with E-state index in [-0.39, 0.29) is 11.6 Å². The fourth-order valence-corrected chi connectivity index (χ4v) is 2.30. The van der Waals surface area contributed by atoms with Gasteiger partial charge in [0.05, 0.1) is 0 Å². The molecule has 16 heavy (non-hydrogen) atoms. The first-order chi connectivity index (χ1) is 7.74.